The van der Waals surface area contributed by atoms with Gasteiger partial charge in [-0.2, -0.15) is 0 Å². The molecule has 4 nitrogen and oxygen atoms in total. The lowest BCUT2D eigenvalue weighted by Gasteiger charge is -2.25. The molecule has 1 fully saturated rings. The quantitative estimate of drug-likeness (QED) is 0.545. The minimum Gasteiger partial charge on any atom is -0.446 e. The fourth-order valence-corrected chi connectivity index (χ4v) is 1.60. The zero-order chi connectivity index (χ0) is 12.7. The first-order valence-corrected chi connectivity index (χ1v) is 6.05. The lowest BCUT2D eigenvalue weighted by atomic mass is 10.0. The molecule has 0 bridgehead atoms. The SMILES string of the molecule is CCC(C)(C#CCN1CCOCC1)OC(C)=O. The Balaban J connectivity index is 2.46. The maximum atomic E-state index is 11.0. The minimum absolute atomic E-state index is 0.282. The molecule has 1 aliphatic heterocycles. The molecule has 0 spiro atoms. The number of carbonyl (C=O) groups excluding carboxylic acids is 1. The molecular weight excluding hydrogens is 218 g/mol. The van der Waals surface area contributed by atoms with Gasteiger partial charge in [-0.05, 0) is 13.3 Å². The van der Waals surface area contributed by atoms with E-state index in [1.807, 2.05) is 13.8 Å². The van der Waals surface area contributed by atoms with Crippen LogP contribution in [0.5, 0.6) is 0 Å². The van der Waals surface area contributed by atoms with Gasteiger partial charge in [0.05, 0.1) is 19.8 Å². The molecule has 17 heavy (non-hydrogen) atoms. The van der Waals surface area contributed by atoms with Crippen molar-refractivity contribution in [3.8, 4) is 11.8 Å². The minimum atomic E-state index is -0.655. The number of nitrogens with zero attached hydrogens (tertiary/aromatic N) is 1. The van der Waals surface area contributed by atoms with Crippen molar-refractivity contribution in [3.05, 3.63) is 0 Å². The van der Waals surface area contributed by atoms with Crippen LogP contribution in [0.1, 0.15) is 27.2 Å². The molecule has 1 saturated heterocycles. The van der Waals surface area contributed by atoms with E-state index < -0.39 is 5.60 Å². The number of hydrogen-bond acceptors (Lipinski definition) is 4. The van der Waals surface area contributed by atoms with Crippen molar-refractivity contribution < 1.29 is 14.3 Å². The molecule has 0 amide bonds. The van der Waals surface area contributed by atoms with Gasteiger partial charge in [0.1, 0.15) is 0 Å². The Morgan fingerprint density at radius 2 is 2.12 bits per heavy atom. The second kappa shape index (κ2) is 6.63. The molecule has 0 saturated carbocycles. The van der Waals surface area contributed by atoms with Gasteiger partial charge in [0, 0.05) is 20.0 Å². The zero-order valence-corrected chi connectivity index (χ0v) is 10.9. The molecule has 96 valence electrons. The predicted molar refractivity (Wildman–Crippen MR) is 65.5 cm³/mol. The number of rotatable bonds is 3. The number of carbonyl (C=O) groups is 1. The van der Waals surface area contributed by atoms with E-state index in [0.29, 0.717) is 13.0 Å². The Labute approximate surface area is 103 Å². The first kappa shape index (κ1) is 14.0. The lowest BCUT2D eigenvalue weighted by Crippen LogP contribution is -2.36. The standard InChI is InChI=1S/C13H21NO3/c1-4-13(3,17-12(2)15)6-5-7-14-8-10-16-11-9-14/h4,7-11H2,1-3H3. The second-order valence-electron chi connectivity index (χ2n) is 4.37. The highest BCUT2D eigenvalue weighted by Crippen LogP contribution is 2.13. The van der Waals surface area contributed by atoms with Crippen molar-refractivity contribution in [1.82, 2.24) is 4.90 Å². The molecule has 1 aliphatic rings. The second-order valence-corrected chi connectivity index (χ2v) is 4.37. The van der Waals surface area contributed by atoms with Crippen LogP contribution in [-0.4, -0.2) is 49.3 Å². The number of esters is 1. The number of ether oxygens (including phenoxy) is 2. The average Bonchev–Trinajstić information content (AvgIpc) is 2.29. The van der Waals surface area contributed by atoms with E-state index in [-0.39, 0.29) is 5.97 Å². The monoisotopic (exact) mass is 239 g/mol. The molecule has 0 N–H and O–H groups in total. The van der Waals surface area contributed by atoms with Crippen LogP contribution in [0.25, 0.3) is 0 Å². The maximum Gasteiger partial charge on any atom is 0.304 e. The molecule has 0 aromatic rings. The van der Waals surface area contributed by atoms with Gasteiger partial charge in [-0.3, -0.25) is 9.69 Å². The van der Waals surface area contributed by atoms with Gasteiger partial charge in [0.15, 0.2) is 5.60 Å². The van der Waals surface area contributed by atoms with Gasteiger partial charge in [-0.15, -0.1) is 0 Å². The smallest absolute Gasteiger partial charge is 0.304 e. The fraction of sp³-hybridized carbons (Fsp3) is 0.769. The summed E-state index contributed by atoms with van der Waals surface area (Å²) in [6, 6.07) is 0. The maximum absolute atomic E-state index is 11.0. The van der Waals surface area contributed by atoms with Crippen LogP contribution in [0, 0.1) is 11.8 Å². The molecule has 0 aromatic carbocycles. The summed E-state index contributed by atoms with van der Waals surface area (Å²) in [5, 5.41) is 0. The molecule has 1 atom stereocenters. The van der Waals surface area contributed by atoms with E-state index in [1.165, 1.54) is 6.92 Å². The highest BCUT2D eigenvalue weighted by atomic mass is 16.6. The van der Waals surface area contributed by atoms with Crippen LogP contribution in [0.4, 0.5) is 0 Å². The third kappa shape index (κ3) is 5.20. The Morgan fingerprint density at radius 3 is 2.65 bits per heavy atom. The Morgan fingerprint density at radius 1 is 1.47 bits per heavy atom. The molecule has 0 aliphatic carbocycles. The van der Waals surface area contributed by atoms with E-state index in [1.54, 1.807) is 0 Å². The van der Waals surface area contributed by atoms with E-state index in [0.717, 1.165) is 26.3 Å². The molecular formula is C13H21NO3. The van der Waals surface area contributed by atoms with Gasteiger partial charge in [0.2, 0.25) is 0 Å². The largest absolute Gasteiger partial charge is 0.446 e. The highest BCUT2D eigenvalue weighted by molar-refractivity contribution is 5.67. The summed E-state index contributed by atoms with van der Waals surface area (Å²) >= 11 is 0. The molecule has 0 aromatic heterocycles. The predicted octanol–water partition coefficient (Wildman–Crippen LogP) is 1.05. The molecule has 0 radical (unpaired) electrons. The third-order valence-corrected chi connectivity index (χ3v) is 2.80. The Kier molecular flexibility index (Phi) is 5.46. The van der Waals surface area contributed by atoms with Crippen molar-refractivity contribution in [1.29, 1.82) is 0 Å². The number of hydrogen-bond donors (Lipinski definition) is 0. The first-order chi connectivity index (χ1) is 8.06. The molecule has 1 heterocycles. The van der Waals surface area contributed by atoms with Crippen molar-refractivity contribution in [2.24, 2.45) is 0 Å². The van der Waals surface area contributed by atoms with Gasteiger partial charge in [-0.1, -0.05) is 18.8 Å². The van der Waals surface area contributed by atoms with Gasteiger partial charge in [-0.25, -0.2) is 0 Å². The summed E-state index contributed by atoms with van der Waals surface area (Å²) in [6.45, 7) is 9.33. The van der Waals surface area contributed by atoms with Crippen LogP contribution in [0.2, 0.25) is 0 Å². The summed E-state index contributed by atoms with van der Waals surface area (Å²) in [5.41, 5.74) is -0.655. The molecule has 1 rings (SSSR count). The normalized spacial score (nSPS) is 19.9. The van der Waals surface area contributed by atoms with Gasteiger partial charge < -0.3 is 9.47 Å². The topological polar surface area (TPSA) is 38.8 Å². The zero-order valence-electron chi connectivity index (χ0n) is 10.9. The summed E-state index contributed by atoms with van der Waals surface area (Å²) in [7, 11) is 0. The van der Waals surface area contributed by atoms with E-state index in [2.05, 4.69) is 16.7 Å². The van der Waals surface area contributed by atoms with Crippen molar-refractivity contribution in [3.63, 3.8) is 0 Å². The first-order valence-electron chi connectivity index (χ1n) is 6.05. The van der Waals surface area contributed by atoms with Gasteiger partial charge in [0.25, 0.3) is 0 Å². The lowest BCUT2D eigenvalue weighted by molar-refractivity contribution is -0.150. The van der Waals surface area contributed by atoms with Crippen LogP contribution in [-0.2, 0) is 14.3 Å². The summed E-state index contributed by atoms with van der Waals surface area (Å²) in [5.74, 6) is 5.86. The van der Waals surface area contributed by atoms with Gasteiger partial charge >= 0.3 is 5.97 Å². The van der Waals surface area contributed by atoms with Crippen molar-refractivity contribution in [2.75, 3.05) is 32.8 Å². The fourth-order valence-electron chi connectivity index (χ4n) is 1.60. The molecule has 4 heteroatoms. The van der Waals surface area contributed by atoms with Crippen LogP contribution in [0.3, 0.4) is 0 Å². The Bertz CT molecular complexity index is 312. The molecule has 1 unspecified atom stereocenters. The van der Waals surface area contributed by atoms with E-state index in [4.69, 9.17) is 9.47 Å². The van der Waals surface area contributed by atoms with Crippen LogP contribution >= 0.6 is 0 Å². The summed E-state index contributed by atoms with van der Waals surface area (Å²) in [4.78, 5) is 13.2. The van der Waals surface area contributed by atoms with Crippen molar-refractivity contribution >= 4 is 5.97 Å². The number of morpholine rings is 1. The van der Waals surface area contributed by atoms with Crippen molar-refractivity contribution in [2.45, 2.75) is 32.8 Å². The Hall–Kier alpha value is -1.05. The van der Waals surface area contributed by atoms with Crippen LogP contribution in [0.15, 0.2) is 0 Å². The summed E-state index contributed by atoms with van der Waals surface area (Å²) < 4.78 is 10.5. The van der Waals surface area contributed by atoms with Crippen LogP contribution < -0.4 is 0 Å². The summed E-state index contributed by atoms with van der Waals surface area (Å²) in [6.07, 6.45) is 0.697. The van der Waals surface area contributed by atoms with E-state index >= 15 is 0 Å². The third-order valence-electron chi connectivity index (χ3n) is 2.80. The van der Waals surface area contributed by atoms with E-state index in [9.17, 15) is 4.79 Å². The average molecular weight is 239 g/mol. The highest BCUT2D eigenvalue weighted by Gasteiger charge is 2.22.